The van der Waals surface area contributed by atoms with Crippen LogP contribution in [0.4, 0.5) is 0 Å². The van der Waals surface area contributed by atoms with Crippen molar-refractivity contribution in [2.24, 2.45) is 0 Å². The molecule has 0 saturated heterocycles. The van der Waals surface area contributed by atoms with Gasteiger partial charge < -0.3 is 29.6 Å². The second-order valence-electron chi connectivity index (χ2n) is 5.70. The monoisotopic (exact) mass is 448 g/mol. The summed E-state index contributed by atoms with van der Waals surface area (Å²) in [6, 6.07) is 8.23. The van der Waals surface area contributed by atoms with Gasteiger partial charge in [-0.3, -0.25) is 0 Å². The van der Waals surface area contributed by atoms with E-state index in [0.29, 0.717) is 24.4 Å². The highest BCUT2D eigenvalue weighted by molar-refractivity contribution is 5.97. The predicted octanol–water partition coefficient (Wildman–Crippen LogP) is 2.03. The maximum atomic E-state index is 11.9. The van der Waals surface area contributed by atoms with Gasteiger partial charge in [0.05, 0.1) is 38.5 Å². The number of ether oxygens (including phenoxy) is 2. The Morgan fingerprint density at radius 2 is 1.52 bits per heavy atom. The summed E-state index contributed by atoms with van der Waals surface area (Å²) in [4.78, 5) is 23.8. The van der Waals surface area contributed by atoms with Gasteiger partial charge in [0.15, 0.2) is 0 Å². The molecule has 1 aromatic heterocycles. The molecule has 8 nitrogen and oxygen atoms in total. The van der Waals surface area contributed by atoms with Crippen LogP contribution in [0.5, 0.6) is 0 Å². The van der Waals surface area contributed by atoms with Crippen molar-refractivity contribution in [3.8, 4) is 11.3 Å². The van der Waals surface area contributed by atoms with Crippen molar-refractivity contribution in [3.05, 3.63) is 47.2 Å². The molecule has 1 heterocycles. The van der Waals surface area contributed by atoms with Crippen LogP contribution in [-0.4, -0.2) is 57.5 Å². The summed E-state index contributed by atoms with van der Waals surface area (Å²) < 4.78 is 15.3. The number of rotatable bonds is 10. The number of furan rings is 1. The Labute approximate surface area is 181 Å². The van der Waals surface area contributed by atoms with Crippen LogP contribution in [0.15, 0.2) is 34.7 Å². The standard InChI is InChI=1S/C19H24N2O6.2ClH/c1-25-18(23)14-9-13(10-15(11-14)19(24)26-2)17-4-3-16(27-17)12-21-6-5-20-7-8-22;;/h3-4,9-11,20-22H,5-8,12H2,1-2H3;2*1H. The lowest BCUT2D eigenvalue weighted by Gasteiger charge is -2.07. The first-order chi connectivity index (χ1) is 13.1. The van der Waals surface area contributed by atoms with Gasteiger partial charge >= 0.3 is 11.9 Å². The first-order valence-electron chi connectivity index (χ1n) is 8.52. The van der Waals surface area contributed by atoms with Crippen LogP contribution in [0, 0.1) is 0 Å². The minimum atomic E-state index is -0.550. The molecule has 10 heteroatoms. The molecule has 2 rings (SSSR count). The first kappa shape index (κ1) is 26.9. The molecular weight excluding hydrogens is 423 g/mol. The molecule has 0 saturated carbocycles. The lowest BCUT2D eigenvalue weighted by Crippen LogP contribution is -2.28. The Morgan fingerprint density at radius 3 is 2.07 bits per heavy atom. The van der Waals surface area contributed by atoms with E-state index in [2.05, 4.69) is 10.6 Å². The first-order valence-corrected chi connectivity index (χ1v) is 8.52. The zero-order chi connectivity index (χ0) is 19.6. The van der Waals surface area contributed by atoms with Gasteiger partial charge in [0.25, 0.3) is 0 Å². The number of carbonyl (C=O) groups excluding carboxylic acids is 2. The second-order valence-corrected chi connectivity index (χ2v) is 5.70. The third kappa shape index (κ3) is 8.04. The number of aliphatic hydroxyl groups excluding tert-OH is 1. The highest BCUT2D eigenvalue weighted by atomic mass is 35.5. The number of hydrogen-bond donors (Lipinski definition) is 3. The topological polar surface area (TPSA) is 110 Å². The summed E-state index contributed by atoms with van der Waals surface area (Å²) in [5, 5.41) is 15.0. The Hall–Kier alpha value is -2.10. The number of methoxy groups -OCH3 is 2. The Balaban J connectivity index is 0.00000392. The fourth-order valence-electron chi connectivity index (χ4n) is 2.46. The molecule has 0 radical (unpaired) electrons. The summed E-state index contributed by atoms with van der Waals surface area (Å²) in [6.07, 6.45) is 0. The van der Waals surface area contributed by atoms with E-state index in [1.54, 1.807) is 18.2 Å². The lowest BCUT2D eigenvalue weighted by atomic mass is 10.0. The van der Waals surface area contributed by atoms with E-state index < -0.39 is 11.9 Å². The molecule has 162 valence electrons. The Kier molecular flexibility index (Phi) is 13.0. The van der Waals surface area contributed by atoms with Gasteiger partial charge in [0.1, 0.15) is 11.5 Å². The van der Waals surface area contributed by atoms with E-state index in [9.17, 15) is 9.59 Å². The largest absolute Gasteiger partial charge is 0.465 e. The van der Waals surface area contributed by atoms with Gasteiger partial charge in [-0.15, -0.1) is 24.8 Å². The zero-order valence-electron chi connectivity index (χ0n) is 16.2. The number of hydrogen-bond acceptors (Lipinski definition) is 8. The van der Waals surface area contributed by atoms with Gasteiger partial charge in [-0.05, 0) is 30.3 Å². The number of nitrogens with one attached hydrogen (secondary N) is 2. The van der Waals surface area contributed by atoms with Gasteiger partial charge in [-0.25, -0.2) is 9.59 Å². The quantitative estimate of drug-likeness (QED) is 0.374. The van der Waals surface area contributed by atoms with E-state index >= 15 is 0 Å². The van der Waals surface area contributed by atoms with Crippen LogP contribution in [0.3, 0.4) is 0 Å². The minimum Gasteiger partial charge on any atom is -0.465 e. The third-order valence-electron chi connectivity index (χ3n) is 3.79. The molecule has 0 atom stereocenters. The van der Waals surface area contributed by atoms with E-state index in [0.717, 1.165) is 18.8 Å². The summed E-state index contributed by atoms with van der Waals surface area (Å²) in [6.45, 7) is 2.66. The maximum Gasteiger partial charge on any atom is 0.337 e. The van der Waals surface area contributed by atoms with Crippen LogP contribution in [0.1, 0.15) is 26.5 Å². The number of carbonyl (C=O) groups is 2. The Bertz CT molecular complexity index is 748. The highest BCUT2D eigenvalue weighted by Crippen LogP contribution is 2.25. The number of benzene rings is 1. The summed E-state index contributed by atoms with van der Waals surface area (Å²) in [5.74, 6) is 0.146. The normalized spacial score (nSPS) is 9.90. The van der Waals surface area contributed by atoms with Gasteiger partial charge in [-0.1, -0.05) is 0 Å². The van der Waals surface area contributed by atoms with Crippen LogP contribution in [-0.2, 0) is 16.0 Å². The SMILES string of the molecule is COC(=O)c1cc(C(=O)OC)cc(-c2ccc(CNCCNCCO)o2)c1.Cl.Cl. The molecule has 0 spiro atoms. The summed E-state index contributed by atoms with van der Waals surface area (Å²) in [5.41, 5.74) is 1.05. The number of esters is 2. The number of aliphatic hydroxyl groups is 1. The fourth-order valence-corrected chi connectivity index (χ4v) is 2.46. The van der Waals surface area contributed by atoms with Crippen molar-refractivity contribution >= 4 is 36.8 Å². The predicted molar refractivity (Wildman–Crippen MR) is 113 cm³/mol. The molecule has 0 aliphatic rings. The highest BCUT2D eigenvalue weighted by Gasteiger charge is 2.16. The van der Waals surface area contributed by atoms with Crippen LogP contribution >= 0.6 is 24.8 Å². The molecule has 0 bridgehead atoms. The van der Waals surface area contributed by atoms with Crippen molar-refractivity contribution in [2.75, 3.05) is 40.5 Å². The molecule has 0 aliphatic carbocycles. The molecule has 2 aromatic rings. The van der Waals surface area contributed by atoms with Gasteiger partial charge in [-0.2, -0.15) is 0 Å². The molecule has 3 N–H and O–H groups in total. The van der Waals surface area contributed by atoms with E-state index in [1.807, 2.05) is 6.07 Å². The summed E-state index contributed by atoms with van der Waals surface area (Å²) >= 11 is 0. The fraction of sp³-hybridized carbons (Fsp3) is 0.368. The van der Waals surface area contributed by atoms with E-state index in [1.165, 1.54) is 20.3 Å². The average Bonchev–Trinajstić information content (AvgIpc) is 3.18. The molecule has 0 unspecified atom stereocenters. The molecular formula is C19H26Cl2N2O6. The number of halogens is 2. The van der Waals surface area contributed by atoms with E-state index in [4.69, 9.17) is 19.0 Å². The zero-order valence-corrected chi connectivity index (χ0v) is 17.9. The van der Waals surface area contributed by atoms with Crippen LogP contribution in [0.2, 0.25) is 0 Å². The molecule has 0 amide bonds. The molecule has 0 fully saturated rings. The van der Waals surface area contributed by atoms with E-state index in [-0.39, 0.29) is 42.5 Å². The lowest BCUT2D eigenvalue weighted by molar-refractivity contribution is 0.0599. The smallest absolute Gasteiger partial charge is 0.337 e. The maximum absolute atomic E-state index is 11.9. The molecule has 1 aromatic carbocycles. The second kappa shape index (κ2) is 14.0. The van der Waals surface area contributed by atoms with Crippen molar-refractivity contribution in [3.63, 3.8) is 0 Å². The third-order valence-corrected chi connectivity index (χ3v) is 3.79. The minimum absolute atomic E-state index is 0. The van der Waals surface area contributed by atoms with Gasteiger partial charge in [0.2, 0.25) is 0 Å². The Morgan fingerprint density at radius 1 is 0.931 bits per heavy atom. The average molecular weight is 449 g/mol. The molecule has 0 aliphatic heterocycles. The molecule has 29 heavy (non-hydrogen) atoms. The van der Waals surface area contributed by atoms with Crippen LogP contribution < -0.4 is 10.6 Å². The van der Waals surface area contributed by atoms with Crippen molar-refractivity contribution in [1.82, 2.24) is 10.6 Å². The van der Waals surface area contributed by atoms with Crippen molar-refractivity contribution < 1.29 is 28.6 Å². The van der Waals surface area contributed by atoms with Crippen LogP contribution in [0.25, 0.3) is 11.3 Å². The summed E-state index contributed by atoms with van der Waals surface area (Å²) in [7, 11) is 2.55. The van der Waals surface area contributed by atoms with Crippen molar-refractivity contribution in [2.45, 2.75) is 6.54 Å². The van der Waals surface area contributed by atoms with Crippen molar-refractivity contribution in [1.29, 1.82) is 0 Å². The van der Waals surface area contributed by atoms with Gasteiger partial charge in [0, 0.05) is 25.2 Å².